The van der Waals surface area contributed by atoms with E-state index in [4.69, 9.17) is 0 Å². The number of hydrogen-bond acceptors (Lipinski definition) is 3. The maximum Gasteiger partial charge on any atom is 0.142 e. The van der Waals surface area contributed by atoms with Crippen molar-refractivity contribution in [2.24, 2.45) is 0 Å². The number of aromatic nitrogens is 3. The van der Waals surface area contributed by atoms with Crippen LogP contribution in [-0.4, -0.2) is 20.1 Å². The van der Waals surface area contributed by atoms with Crippen LogP contribution in [0.1, 0.15) is 11.7 Å². The minimum Gasteiger partial charge on any atom is -0.376 e. The van der Waals surface area contributed by atoms with Gasteiger partial charge in [-0.2, -0.15) is 4.68 Å². The van der Waals surface area contributed by atoms with Crippen LogP contribution in [0.25, 0.3) is 11.0 Å². The molecule has 1 heterocycles. The molecular weight excluding hydrogens is 238 g/mol. The molecule has 0 fully saturated rings. The third kappa shape index (κ3) is 2.32. The molecule has 0 amide bonds. The van der Waals surface area contributed by atoms with Crippen LogP contribution in [-0.2, 0) is 0 Å². The molecule has 4 nitrogen and oxygen atoms in total. The maximum absolute atomic E-state index is 9.96. The van der Waals surface area contributed by atoms with E-state index in [-0.39, 0.29) is 0 Å². The number of para-hydroxylation sites is 1. The number of nitrogens with zero attached hydrogens (tertiary/aromatic N) is 3. The third-order valence-corrected chi connectivity index (χ3v) is 2.77. The number of aliphatic hydroxyl groups is 1. The summed E-state index contributed by atoms with van der Waals surface area (Å²) in [4.78, 5) is 0. The molecule has 19 heavy (non-hydrogen) atoms. The molecule has 0 radical (unpaired) electrons. The summed E-state index contributed by atoms with van der Waals surface area (Å²) in [7, 11) is 0. The second-order valence-electron chi connectivity index (χ2n) is 4.06. The fraction of sp³-hybridized carbons (Fsp3) is 0.0667. The monoisotopic (exact) mass is 249 g/mol. The van der Waals surface area contributed by atoms with Crippen LogP contribution in [0, 0.1) is 12.0 Å². The molecule has 1 N–H and O–H groups in total. The van der Waals surface area contributed by atoms with Gasteiger partial charge in [-0.3, -0.25) is 0 Å². The highest BCUT2D eigenvalue weighted by molar-refractivity contribution is 5.74. The average molecular weight is 249 g/mol. The molecule has 3 aromatic rings. The van der Waals surface area contributed by atoms with Gasteiger partial charge in [0.05, 0.1) is 0 Å². The van der Waals surface area contributed by atoms with E-state index in [1.807, 2.05) is 54.6 Å². The van der Waals surface area contributed by atoms with E-state index in [9.17, 15) is 5.11 Å². The summed E-state index contributed by atoms with van der Waals surface area (Å²) in [6, 6.07) is 19.7. The SMILES string of the molecule is OC(C#Cn1nnc2ccccc21)c1ccccc1. The molecule has 4 heteroatoms. The minimum atomic E-state index is -0.829. The molecule has 0 aliphatic carbocycles. The Hall–Kier alpha value is -2.64. The van der Waals surface area contributed by atoms with Crippen LogP contribution in [0.5, 0.6) is 0 Å². The van der Waals surface area contributed by atoms with E-state index >= 15 is 0 Å². The van der Waals surface area contributed by atoms with E-state index in [1.165, 1.54) is 4.68 Å². The second-order valence-corrected chi connectivity index (χ2v) is 4.06. The van der Waals surface area contributed by atoms with E-state index in [2.05, 4.69) is 22.3 Å². The Morgan fingerprint density at radius 1 is 1.00 bits per heavy atom. The Bertz CT molecular complexity index is 753. The van der Waals surface area contributed by atoms with Crippen molar-refractivity contribution in [3.8, 4) is 12.0 Å². The van der Waals surface area contributed by atoms with Crippen LogP contribution in [0.3, 0.4) is 0 Å². The molecule has 0 saturated carbocycles. The van der Waals surface area contributed by atoms with Crippen molar-refractivity contribution in [1.82, 2.24) is 15.0 Å². The van der Waals surface area contributed by atoms with Crippen molar-refractivity contribution in [1.29, 1.82) is 0 Å². The predicted octanol–water partition coefficient (Wildman–Crippen LogP) is 1.97. The lowest BCUT2D eigenvalue weighted by molar-refractivity contribution is 0.238. The molecule has 3 rings (SSSR count). The molecule has 1 atom stereocenters. The van der Waals surface area contributed by atoms with Gasteiger partial charge in [-0.05, 0) is 23.6 Å². The zero-order valence-electron chi connectivity index (χ0n) is 10.1. The number of aliphatic hydroxyl groups excluding tert-OH is 1. The first kappa shape index (κ1) is 11.5. The standard InChI is InChI=1S/C15H11N3O/c19-15(12-6-2-1-3-7-12)10-11-18-14-9-5-4-8-13(14)16-17-18/h1-9,15,19H. The van der Waals surface area contributed by atoms with Gasteiger partial charge in [0.25, 0.3) is 0 Å². The Labute approximate surface area is 110 Å². The number of rotatable bonds is 1. The average Bonchev–Trinajstić information content (AvgIpc) is 2.89. The van der Waals surface area contributed by atoms with Gasteiger partial charge in [0.15, 0.2) is 0 Å². The van der Waals surface area contributed by atoms with E-state index in [0.717, 1.165) is 16.6 Å². The number of benzene rings is 2. The van der Waals surface area contributed by atoms with Crippen LogP contribution in [0.2, 0.25) is 0 Å². The molecule has 0 aliphatic heterocycles. The minimum absolute atomic E-state index is 0.763. The number of fused-ring (bicyclic) bond motifs is 1. The molecule has 2 aromatic carbocycles. The lowest BCUT2D eigenvalue weighted by atomic mass is 10.1. The molecule has 1 unspecified atom stereocenters. The van der Waals surface area contributed by atoms with Crippen molar-refractivity contribution in [2.75, 3.05) is 0 Å². The van der Waals surface area contributed by atoms with Crippen molar-refractivity contribution in [3.05, 3.63) is 60.2 Å². The van der Waals surface area contributed by atoms with Crippen molar-refractivity contribution in [3.63, 3.8) is 0 Å². The number of hydrogen-bond donors (Lipinski definition) is 1. The zero-order valence-corrected chi connectivity index (χ0v) is 10.1. The van der Waals surface area contributed by atoms with E-state index in [0.29, 0.717) is 0 Å². The maximum atomic E-state index is 9.96. The van der Waals surface area contributed by atoms with Gasteiger partial charge >= 0.3 is 0 Å². The molecule has 0 saturated heterocycles. The first-order valence-electron chi connectivity index (χ1n) is 5.89. The molecule has 92 valence electrons. The van der Waals surface area contributed by atoms with Crippen molar-refractivity contribution in [2.45, 2.75) is 6.10 Å². The topological polar surface area (TPSA) is 50.9 Å². The fourth-order valence-electron chi connectivity index (χ4n) is 1.79. The normalized spacial score (nSPS) is 11.8. The van der Waals surface area contributed by atoms with Gasteiger partial charge in [-0.1, -0.05) is 47.7 Å². The molecule has 0 spiro atoms. The molecular formula is C15H11N3O. The van der Waals surface area contributed by atoms with Crippen LogP contribution in [0.4, 0.5) is 0 Å². The van der Waals surface area contributed by atoms with Gasteiger partial charge in [0, 0.05) is 6.04 Å². The molecule has 0 aliphatic rings. The lowest BCUT2D eigenvalue weighted by Crippen LogP contribution is -1.96. The summed E-state index contributed by atoms with van der Waals surface area (Å²) < 4.78 is 1.47. The van der Waals surface area contributed by atoms with Crippen LogP contribution < -0.4 is 0 Å². The zero-order chi connectivity index (χ0) is 13.1. The first-order chi connectivity index (χ1) is 9.34. The first-order valence-corrected chi connectivity index (χ1v) is 5.89. The summed E-state index contributed by atoms with van der Waals surface area (Å²) in [5, 5.41) is 17.9. The largest absolute Gasteiger partial charge is 0.376 e. The van der Waals surface area contributed by atoms with Gasteiger partial charge in [0.2, 0.25) is 0 Å². The van der Waals surface area contributed by atoms with Crippen LogP contribution in [0.15, 0.2) is 54.6 Å². The van der Waals surface area contributed by atoms with Gasteiger partial charge in [0.1, 0.15) is 17.1 Å². The quantitative estimate of drug-likeness (QED) is 0.671. The Kier molecular flexibility index (Phi) is 2.97. The lowest BCUT2D eigenvalue weighted by Gasteiger charge is -2.01. The van der Waals surface area contributed by atoms with Gasteiger partial charge in [-0.15, -0.1) is 5.10 Å². The van der Waals surface area contributed by atoms with E-state index in [1.54, 1.807) is 0 Å². The Morgan fingerprint density at radius 2 is 1.74 bits per heavy atom. The summed E-state index contributed by atoms with van der Waals surface area (Å²) in [6.45, 7) is 0. The second kappa shape index (κ2) is 4.92. The highest BCUT2D eigenvalue weighted by Crippen LogP contribution is 2.11. The van der Waals surface area contributed by atoms with Crippen LogP contribution >= 0.6 is 0 Å². The van der Waals surface area contributed by atoms with Crippen molar-refractivity contribution < 1.29 is 5.11 Å². The summed E-state index contributed by atoms with van der Waals surface area (Å²) in [5.74, 6) is 2.76. The predicted molar refractivity (Wildman–Crippen MR) is 72.1 cm³/mol. The smallest absolute Gasteiger partial charge is 0.142 e. The van der Waals surface area contributed by atoms with Crippen molar-refractivity contribution >= 4 is 11.0 Å². The van der Waals surface area contributed by atoms with Gasteiger partial charge in [-0.25, -0.2) is 0 Å². The fourth-order valence-corrected chi connectivity index (χ4v) is 1.79. The Morgan fingerprint density at radius 3 is 2.58 bits per heavy atom. The summed E-state index contributed by atoms with van der Waals surface area (Å²) in [6.07, 6.45) is -0.829. The molecule has 1 aromatic heterocycles. The van der Waals surface area contributed by atoms with E-state index < -0.39 is 6.10 Å². The highest BCUT2D eigenvalue weighted by atomic mass is 16.3. The highest BCUT2D eigenvalue weighted by Gasteiger charge is 2.03. The van der Waals surface area contributed by atoms with Gasteiger partial charge < -0.3 is 5.11 Å². The third-order valence-electron chi connectivity index (χ3n) is 2.77. The summed E-state index contributed by atoms with van der Waals surface area (Å²) >= 11 is 0. The summed E-state index contributed by atoms with van der Waals surface area (Å²) in [5.41, 5.74) is 2.38. The Balaban J connectivity index is 1.92. The molecule has 0 bridgehead atoms.